The fourth-order valence-corrected chi connectivity index (χ4v) is 4.45. The van der Waals surface area contributed by atoms with Gasteiger partial charge in [0.25, 0.3) is 0 Å². The summed E-state index contributed by atoms with van der Waals surface area (Å²) in [5.41, 5.74) is 0. The number of nitrogens with zero attached hydrogens (tertiary/aromatic N) is 4. The predicted molar refractivity (Wildman–Crippen MR) is 114 cm³/mol. The first kappa shape index (κ1) is 21.7. The van der Waals surface area contributed by atoms with E-state index in [9.17, 15) is 9.59 Å². The van der Waals surface area contributed by atoms with Crippen molar-refractivity contribution in [3.8, 4) is 0 Å². The van der Waals surface area contributed by atoms with Gasteiger partial charge in [0.15, 0.2) is 6.23 Å². The van der Waals surface area contributed by atoms with E-state index in [4.69, 9.17) is 4.74 Å². The van der Waals surface area contributed by atoms with Gasteiger partial charge in [0, 0.05) is 31.8 Å². The van der Waals surface area contributed by atoms with Gasteiger partial charge in [-0.2, -0.15) is 0 Å². The second-order valence-corrected chi connectivity index (χ2v) is 8.73. The molecule has 0 spiro atoms. The number of amides is 2. The van der Waals surface area contributed by atoms with Crippen LogP contribution in [0.2, 0.25) is 0 Å². The molecule has 2 heterocycles. The van der Waals surface area contributed by atoms with Gasteiger partial charge in [-0.1, -0.05) is 43.3 Å². The third kappa shape index (κ3) is 6.01. The second kappa shape index (κ2) is 10.7. The summed E-state index contributed by atoms with van der Waals surface area (Å²) in [5, 5.41) is 10.1. The highest BCUT2D eigenvalue weighted by atomic mass is 32.1. The molecule has 0 bridgehead atoms. The standard InChI is InChI=1S/C21H32N4O3S/c1-3-5-7-9-14-24-15-13-17(28-18(26)10-8-6-4-2)25(21(24)27)20-23-22-19(29-20)16-11-12-16/h3,5,16-17H,4,6-15H2,1-2H3. The molecule has 1 aromatic rings. The van der Waals surface area contributed by atoms with Crippen molar-refractivity contribution in [2.75, 3.05) is 18.0 Å². The summed E-state index contributed by atoms with van der Waals surface area (Å²) in [6.45, 7) is 5.38. The van der Waals surface area contributed by atoms with E-state index in [0.29, 0.717) is 37.0 Å². The summed E-state index contributed by atoms with van der Waals surface area (Å²) >= 11 is 1.45. The van der Waals surface area contributed by atoms with Crippen molar-refractivity contribution < 1.29 is 14.3 Å². The van der Waals surface area contributed by atoms with E-state index < -0.39 is 6.23 Å². The van der Waals surface area contributed by atoms with Crippen LogP contribution >= 0.6 is 11.3 Å². The van der Waals surface area contributed by atoms with Crippen LogP contribution in [-0.2, 0) is 9.53 Å². The molecule has 0 N–H and O–H groups in total. The Hall–Kier alpha value is -1.96. The van der Waals surface area contributed by atoms with Crippen LogP contribution in [-0.4, -0.2) is 46.4 Å². The zero-order valence-electron chi connectivity index (χ0n) is 17.5. The summed E-state index contributed by atoms with van der Waals surface area (Å²) in [7, 11) is 0. The number of unbranched alkanes of at least 4 members (excludes halogenated alkanes) is 3. The van der Waals surface area contributed by atoms with Crippen molar-refractivity contribution in [1.29, 1.82) is 0 Å². The molecule has 2 aliphatic rings. The number of urea groups is 1. The molecule has 1 atom stereocenters. The number of anilines is 1. The number of hydrogen-bond donors (Lipinski definition) is 0. The summed E-state index contributed by atoms with van der Waals surface area (Å²) < 4.78 is 5.72. The summed E-state index contributed by atoms with van der Waals surface area (Å²) in [6, 6.07) is -0.137. The maximum Gasteiger partial charge on any atom is 0.329 e. The highest BCUT2D eigenvalue weighted by molar-refractivity contribution is 7.15. The van der Waals surface area contributed by atoms with Gasteiger partial charge in [-0.3, -0.25) is 4.79 Å². The molecule has 160 valence electrons. The zero-order valence-corrected chi connectivity index (χ0v) is 18.3. The molecular weight excluding hydrogens is 388 g/mol. The monoisotopic (exact) mass is 420 g/mol. The van der Waals surface area contributed by atoms with E-state index >= 15 is 0 Å². The number of carbonyl (C=O) groups excluding carboxylic acids is 2. The topological polar surface area (TPSA) is 75.6 Å². The molecule has 1 saturated carbocycles. The maximum absolute atomic E-state index is 13.2. The minimum atomic E-state index is -0.594. The number of allylic oxidation sites excluding steroid dienone is 2. The smallest absolute Gasteiger partial charge is 0.329 e. The predicted octanol–water partition coefficient (Wildman–Crippen LogP) is 4.85. The van der Waals surface area contributed by atoms with Gasteiger partial charge in [-0.05, 0) is 39.0 Å². The van der Waals surface area contributed by atoms with Crippen LogP contribution in [0, 0.1) is 0 Å². The normalized spacial score (nSPS) is 19.9. The fourth-order valence-electron chi connectivity index (χ4n) is 3.41. The molecule has 1 aliphatic carbocycles. The lowest BCUT2D eigenvalue weighted by molar-refractivity contribution is -0.149. The van der Waals surface area contributed by atoms with Gasteiger partial charge in [0.2, 0.25) is 5.13 Å². The van der Waals surface area contributed by atoms with Crippen LogP contribution < -0.4 is 4.90 Å². The van der Waals surface area contributed by atoms with E-state index in [0.717, 1.165) is 50.0 Å². The molecular formula is C21H32N4O3S. The molecule has 1 aliphatic heterocycles. The van der Waals surface area contributed by atoms with Gasteiger partial charge in [0.1, 0.15) is 5.01 Å². The van der Waals surface area contributed by atoms with Crippen molar-refractivity contribution in [2.45, 2.75) is 83.8 Å². The number of hydrogen-bond acceptors (Lipinski definition) is 6. The summed E-state index contributed by atoms with van der Waals surface area (Å²) in [5.74, 6) is 0.239. The van der Waals surface area contributed by atoms with E-state index in [1.54, 1.807) is 4.90 Å². The molecule has 2 fully saturated rings. The van der Waals surface area contributed by atoms with Crippen LogP contribution in [0.4, 0.5) is 9.93 Å². The molecule has 3 rings (SSSR count). The Balaban J connectivity index is 1.68. The van der Waals surface area contributed by atoms with Crippen molar-refractivity contribution >= 4 is 28.5 Å². The third-order valence-corrected chi connectivity index (χ3v) is 6.34. The van der Waals surface area contributed by atoms with Crippen molar-refractivity contribution in [1.82, 2.24) is 15.1 Å². The van der Waals surface area contributed by atoms with E-state index in [2.05, 4.69) is 23.2 Å². The molecule has 2 amide bonds. The molecule has 8 heteroatoms. The lowest BCUT2D eigenvalue weighted by Gasteiger charge is -2.39. The van der Waals surface area contributed by atoms with Crippen LogP contribution in [0.3, 0.4) is 0 Å². The molecule has 1 unspecified atom stereocenters. The Labute approximate surface area is 177 Å². The number of carbonyl (C=O) groups is 2. The van der Waals surface area contributed by atoms with Gasteiger partial charge >= 0.3 is 12.0 Å². The minimum absolute atomic E-state index is 0.137. The number of aromatic nitrogens is 2. The Morgan fingerprint density at radius 2 is 2.07 bits per heavy atom. The van der Waals surface area contributed by atoms with Gasteiger partial charge in [-0.25, -0.2) is 9.69 Å². The van der Waals surface area contributed by atoms with E-state index in [1.165, 1.54) is 11.3 Å². The fraction of sp³-hybridized carbons (Fsp3) is 0.714. The first-order chi connectivity index (χ1) is 14.1. The largest absolute Gasteiger partial charge is 0.441 e. The number of rotatable bonds is 11. The Morgan fingerprint density at radius 1 is 1.24 bits per heavy atom. The number of esters is 1. The molecule has 7 nitrogen and oxygen atoms in total. The second-order valence-electron chi connectivity index (χ2n) is 7.74. The van der Waals surface area contributed by atoms with E-state index in [-0.39, 0.29) is 12.0 Å². The van der Waals surface area contributed by atoms with Crippen LogP contribution in [0.5, 0.6) is 0 Å². The van der Waals surface area contributed by atoms with Gasteiger partial charge < -0.3 is 9.64 Å². The third-order valence-electron chi connectivity index (χ3n) is 5.26. The molecule has 0 radical (unpaired) electrons. The molecule has 29 heavy (non-hydrogen) atoms. The Bertz CT molecular complexity index is 717. The lowest BCUT2D eigenvalue weighted by atomic mass is 10.2. The lowest BCUT2D eigenvalue weighted by Crippen LogP contribution is -2.56. The highest BCUT2D eigenvalue weighted by Crippen LogP contribution is 2.43. The molecule has 0 aromatic carbocycles. The first-order valence-corrected chi connectivity index (χ1v) is 11.7. The summed E-state index contributed by atoms with van der Waals surface area (Å²) in [6.07, 6.45) is 11.5. The molecule has 1 aromatic heterocycles. The van der Waals surface area contributed by atoms with E-state index in [1.807, 2.05) is 17.9 Å². The van der Waals surface area contributed by atoms with Crippen LogP contribution in [0.15, 0.2) is 12.2 Å². The van der Waals surface area contributed by atoms with Crippen LogP contribution in [0.1, 0.15) is 82.6 Å². The van der Waals surface area contributed by atoms with Gasteiger partial charge in [-0.15, -0.1) is 10.2 Å². The van der Waals surface area contributed by atoms with Crippen molar-refractivity contribution in [2.24, 2.45) is 0 Å². The van der Waals surface area contributed by atoms with Crippen molar-refractivity contribution in [3.63, 3.8) is 0 Å². The summed E-state index contributed by atoms with van der Waals surface area (Å²) in [4.78, 5) is 28.9. The zero-order chi connectivity index (χ0) is 20.6. The van der Waals surface area contributed by atoms with Crippen LogP contribution in [0.25, 0.3) is 0 Å². The Kier molecular flexibility index (Phi) is 8.03. The average Bonchev–Trinajstić information content (AvgIpc) is 3.45. The first-order valence-electron chi connectivity index (χ1n) is 10.9. The quantitative estimate of drug-likeness (QED) is 0.290. The van der Waals surface area contributed by atoms with Gasteiger partial charge in [0.05, 0.1) is 0 Å². The number of ether oxygens (including phenoxy) is 1. The minimum Gasteiger partial charge on any atom is -0.441 e. The molecule has 1 saturated heterocycles. The Morgan fingerprint density at radius 3 is 2.79 bits per heavy atom. The average molecular weight is 421 g/mol. The SMILES string of the molecule is CC=CCCCN1CCC(OC(=O)CCCCC)N(c2nnc(C3CC3)s2)C1=O. The maximum atomic E-state index is 13.2. The van der Waals surface area contributed by atoms with Crippen molar-refractivity contribution in [3.05, 3.63) is 17.2 Å². The highest BCUT2D eigenvalue weighted by Gasteiger charge is 2.39.